The molecule has 0 unspecified atom stereocenters. The van der Waals surface area contributed by atoms with E-state index in [1.54, 1.807) is 0 Å². The molecule has 2 nitrogen and oxygen atoms in total. The maximum absolute atomic E-state index is 11.7. The molecule has 0 aliphatic rings. The van der Waals surface area contributed by atoms with E-state index in [2.05, 4.69) is 19.9 Å². The molecule has 0 spiro atoms. The second-order valence-electron chi connectivity index (χ2n) is 4.28. The second kappa shape index (κ2) is 4.74. The second-order valence-corrected chi connectivity index (χ2v) is 4.28. The van der Waals surface area contributed by atoms with Gasteiger partial charge < -0.3 is 4.42 Å². The Morgan fingerprint density at radius 3 is 2.00 bits per heavy atom. The molecule has 0 atom stereocenters. The zero-order chi connectivity index (χ0) is 12.4. The Kier molecular flexibility index (Phi) is 3.32. The van der Waals surface area contributed by atoms with Gasteiger partial charge in [0.25, 0.3) is 0 Å². The monoisotopic (exact) mass is 230 g/mol. The first-order valence-corrected chi connectivity index (χ1v) is 6.28. The van der Waals surface area contributed by atoms with Crippen molar-refractivity contribution < 1.29 is 4.42 Å². The van der Waals surface area contributed by atoms with E-state index in [1.165, 1.54) is 11.1 Å². The molecule has 0 aliphatic heterocycles. The van der Waals surface area contributed by atoms with Crippen LogP contribution in [0.3, 0.4) is 0 Å². The average Bonchev–Trinajstić information content (AvgIpc) is 2.36. The van der Waals surface area contributed by atoms with Crippen molar-refractivity contribution in [3.05, 3.63) is 45.3 Å². The standard InChI is InChI=1S/C15H18O2/c1-4-10-7-13-8-12(6-3)15(16)17-14(13)9-11(10)5-2/h7-9H,4-6H2,1-3H3. The van der Waals surface area contributed by atoms with Gasteiger partial charge in [-0.3, -0.25) is 0 Å². The Balaban J connectivity index is 2.74. The van der Waals surface area contributed by atoms with Gasteiger partial charge in [0.15, 0.2) is 0 Å². The predicted octanol–water partition coefficient (Wildman–Crippen LogP) is 3.48. The van der Waals surface area contributed by atoms with Crippen LogP contribution in [-0.2, 0) is 19.3 Å². The Morgan fingerprint density at radius 2 is 1.41 bits per heavy atom. The molecule has 1 heterocycles. The van der Waals surface area contributed by atoms with Crippen molar-refractivity contribution in [1.82, 2.24) is 0 Å². The first-order valence-electron chi connectivity index (χ1n) is 6.28. The molecule has 0 N–H and O–H groups in total. The van der Waals surface area contributed by atoms with Crippen LogP contribution in [0.1, 0.15) is 37.5 Å². The molecule has 1 aromatic heterocycles. The summed E-state index contributed by atoms with van der Waals surface area (Å²) in [5, 5.41) is 1.04. The molecule has 0 fully saturated rings. The summed E-state index contributed by atoms with van der Waals surface area (Å²) < 4.78 is 5.37. The maximum atomic E-state index is 11.7. The highest BCUT2D eigenvalue weighted by Gasteiger charge is 2.07. The highest BCUT2D eigenvalue weighted by Crippen LogP contribution is 2.21. The molecule has 2 rings (SSSR count). The fourth-order valence-corrected chi connectivity index (χ4v) is 2.20. The largest absolute Gasteiger partial charge is 0.423 e. The lowest BCUT2D eigenvalue weighted by Gasteiger charge is -2.08. The third-order valence-electron chi connectivity index (χ3n) is 3.27. The number of hydrogen-bond acceptors (Lipinski definition) is 2. The van der Waals surface area contributed by atoms with E-state index in [-0.39, 0.29) is 5.63 Å². The molecular weight excluding hydrogens is 212 g/mol. The van der Waals surface area contributed by atoms with Crippen LogP contribution >= 0.6 is 0 Å². The zero-order valence-corrected chi connectivity index (χ0v) is 10.7. The molecule has 0 aliphatic carbocycles. The van der Waals surface area contributed by atoms with E-state index in [4.69, 9.17) is 4.42 Å². The van der Waals surface area contributed by atoms with E-state index >= 15 is 0 Å². The highest BCUT2D eigenvalue weighted by atomic mass is 16.4. The van der Waals surface area contributed by atoms with Crippen molar-refractivity contribution in [2.75, 3.05) is 0 Å². The van der Waals surface area contributed by atoms with E-state index in [1.807, 2.05) is 19.1 Å². The van der Waals surface area contributed by atoms with Gasteiger partial charge in [-0.05, 0) is 48.6 Å². The lowest BCUT2D eigenvalue weighted by molar-refractivity contribution is 0.551. The van der Waals surface area contributed by atoms with Crippen molar-refractivity contribution >= 4 is 11.0 Å². The Morgan fingerprint density at radius 1 is 0.882 bits per heavy atom. The minimum absolute atomic E-state index is 0.202. The molecule has 0 amide bonds. The van der Waals surface area contributed by atoms with Gasteiger partial charge in [-0.1, -0.05) is 20.8 Å². The SMILES string of the molecule is CCc1cc2cc(CC)c(=O)oc2cc1CC. The van der Waals surface area contributed by atoms with Gasteiger partial charge in [-0.25, -0.2) is 4.79 Å². The van der Waals surface area contributed by atoms with Crippen molar-refractivity contribution in [3.63, 3.8) is 0 Å². The predicted molar refractivity (Wildman–Crippen MR) is 70.6 cm³/mol. The van der Waals surface area contributed by atoms with Crippen LogP contribution in [0.4, 0.5) is 0 Å². The fourth-order valence-electron chi connectivity index (χ4n) is 2.20. The smallest absolute Gasteiger partial charge is 0.339 e. The first kappa shape index (κ1) is 11.9. The van der Waals surface area contributed by atoms with Crippen LogP contribution in [0.2, 0.25) is 0 Å². The third kappa shape index (κ3) is 2.12. The van der Waals surface area contributed by atoms with Crippen molar-refractivity contribution in [2.24, 2.45) is 0 Å². The summed E-state index contributed by atoms with van der Waals surface area (Å²) in [5.74, 6) is 0. The summed E-state index contributed by atoms with van der Waals surface area (Å²) in [5.41, 5.74) is 3.87. The van der Waals surface area contributed by atoms with Crippen LogP contribution in [-0.4, -0.2) is 0 Å². The minimum Gasteiger partial charge on any atom is -0.423 e. The number of benzene rings is 1. The molecule has 0 radical (unpaired) electrons. The molecule has 0 saturated carbocycles. The molecular formula is C15H18O2. The summed E-state index contributed by atoms with van der Waals surface area (Å²) in [6.07, 6.45) is 2.70. The Labute approximate surface area is 101 Å². The van der Waals surface area contributed by atoms with Gasteiger partial charge in [0, 0.05) is 10.9 Å². The molecule has 2 heteroatoms. The van der Waals surface area contributed by atoms with E-state index in [0.29, 0.717) is 5.58 Å². The third-order valence-corrected chi connectivity index (χ3v) is 3.27. The van der Waals surface area contributed by atoms with Crippen LogP contribution < -0.4 is 5.63 Å². The number of hydrogen-bond donors (Lipinski definition) is 0. The molecule has 17 heavy (non-hydrogen) atoms. The van der Waals surface area contributed by atoms with Crippen LogP contribution in [0, 0.1) is 0 Å². The number of aryl methyl sites for hydroxylation is 3. The lowest BCUT2D eigenvalue weighted by Crippen LogP contribution is -2.06. The van der Waals surface area contributed by atoms with Gasteiger partial charge >= 0.3 is 5.63 Å². The molecule has 90 valence electrons. The van der Waals surface area contributed by atoms with E-state index in [9.17, 15) is 4.79 Å². The zero-order valence-electron chi connectivity index (χ0n) is 10.7. The van der Waals surface area contributed by atoms with Crippen molar-refractivity contribution in [1.29, 1.82) is 0 Å². The van der Waals surface area contributed by atoms with Crippen LogP contribution in [0.5, 0.6) is 0 Å². The topological polar surface area (TPSA) is 30.2 Å². The molecule has 0 saturated heterocycles. The number of fused-ring (bicyclic) bond motifs is 1. The Bertz CT molecular complexity index is 594. The van der Waals surface area contributed by atoms with Gasteiger partial charge in [0.05, 0.1) is 0 Å². The van der Waals surface area contributed by atoms with Gasteiger partial charge in [-0.15, -0.1) is 0 Å². The summed E-state index contributed by atoms with van der Waals surface area (Å²) in [6.45, 7) is 6.25. The van der Waals surface area contributed by atoms with Crippen molar-refractivity contribution in [3.8, 4) is 0 Å². The lowest BCUT2D eigenvalue weighted by atomic mass is 10.00. The van der Waals surface area contributed by atoms with Crippen LogP contribution in [0.15, 0.2) is 27.4 Å². The summed E-state index contributed by atoms with van der Waals surface area (Å²) in [7, 11) is 0. The summed E-state index contributed by atoms with van der Waals surface area (Å²) in [4.78, 5) is 11.7. The summed E-state index contributed by atoms with van der Waals surface area (Å²) in [6, 6.07) is 6.12. The average molecular weight is 230 g/mol. The molecule has 1 aromatic carbocycles. The summed E-state index contributed by atoms with van der Waals surface area (Å²) >= 11 is 0. The van der Waals surface area contributed by atoms with E-state index < -0.39 is 0 Å². The van der Waals surface area contributed by atoms with Gasteiger partial charge in [0.2, 0.25) is 0 Å². The van der Waals surface area contributed by atoms with Crippen LogP contribution in [0.25, 0.3) is 11.0 Å². The number of rotatable bonds is 3. The fraction of sp³-hybridized carbons (Fsp3) is 0.400. The first-order chi connectivity index (χ1) is 8.19. The molecule has 2 aromatic rings. The highest BCUT2D eigenvalue weighted by molar-refractivity contribution is 5.79. The quantitative estimate of drug-likeness (QED) is 0.756. The normalized spacial score (nSPS) is 11.0. The molecule has 0 bridgehead atoms. The Hall–Kier alpha value is -1.57. The minimum atomic E-state index is -0.202. The van der Waals surface area contributed by atoms with Gasteiger partial charge in [0.1, 0.15) is 5.58 Å². The maximum Gasteiger partial charge on any atom is 0.339 e. The van der Waals surface area contributed by atoms with Gasteiger partial charge in [-0.2, -0.15) is 0 Å². The van der Waals surface area contributed by atoms with Crippen molar-refractivity contribution in [2.45, 2.75) is 40.0 Å². The van der Waals surface area contributed by atoms with E-state index in [0.717, 1.165) is 30.2 Å².